The molecule has 0 spiro atoms. The maximum absolute atomic E-state index is 12.9. The fraction of sp³-hybridized carbons (Fsp3) is 0.333. The molecule has 0 unspecified atom stereocenters. The molecule has 1 aliphatic heterocycles. The van der Waals surface area contributed by atoms with E-state index in [1.54, 1.807) is 12.3 Å². The SMILES string of the molecule is Cc1cccn2c(=O)c3cc(C#N)c(=O)n(C[C@@H]4CCCO4)c3nc12. The lowest BCUT2D eigenvalue weighted by Gasteiger charge is -2.15. The van der Waals surface area contributed by atoms with Gasteiger partial charge < -0.3 is 4.74 Å². The van der Waals surface area contributed by atoms with Gasteiger partial charge in [-0.15, -0.1) is 0 Å². The minimum absolute atomic E-state index is 0.0583. The van der Waals surface area contributed by atoms with E-state index in [4.69, 9.17) is 4.74 Å². The van der Waals surface area contributed by atoms with Gasteiger partial charge in [-0.2, -0.15) is 5.26 Å². The van der Waals surface area contributed by atoms with Crippen LogP contribution < -0.4 is 11.1 Å². The van der Waals surface area contributed by atoms with Gasteiger partial charge >= 0.3 is 0 Å². The average Bonchev–Trinajstić information content (AvgIpc) is 3.12. The topological polar surface area (TPSA) is 89.4 Å². The van der Waals surface area contributed by atoms with Crippen LogP contribution in [0.5, 0.6) is 0 Å². The molecule has 7 nitrogen and oxygen atoms in total. The first-order valence-corrected chi connectivity index (χ1v) is 8.17. The predicted molar refractivity (Wildman–Crippen MR) is 91.7 cm³/mol. The Balaban J connectivity index is 2.10. The number of aryl methyl sites for hydroxylation is 1. The minimum atomic E-state index is -0.435. The lowest BCUT2D eigenvalue weighted by Crippen LogP contribution is -2.31. The Hall–Kier alpha value is -2.98. The number of nitriles is 1. The van der Waals surface area contributed by atoms with Crippen molar-refractivity contribution in [1.82, 2.24) is 14.0 Å². The Morgan fingerprint density at radius 3 is 2.92 bits per heavy atom. The smallest absolute Gasteiger partial charge is 0.270 e. The minimum Gasteiger partial charge on any atom is -0.376 e. The fourth-order valence-corrected chi connectivity index (χ4v) is 3.32. The number of aromatic nitrogens is 3. The van der Waals surface area contributed by atoms with Crippen molar-refractivity contribution >= 4 is 16.7 Å². The van der Waals surface area contributed by atoms with Gasteiger partial charge in [0.05, 0.1) is 18.0 Å². The van der Waals surface area contributed by atoms with Gasteiger partial charge in [0.1, 0.15) is 17.3 Å². The number of hydrogen-bond acceptors (Lipinski definition) is 5. The highest BCUT2D eigenvalue weighted by molar-refractivity contribution is 5.78. The summed E-state index contributed by atoms with van der Waals surface area (Å²) in [5.74, 6) is 0. The van der Waals surface area contributed by atoms with E-state index in [2.05, 4.69) is 4.98 Å². The first-order valence-electron chi connectivity index (χ1n) is 8.17. The summed E-state index contributed by atoms with van der Waals surface area (Å²) >= 11 is 0. The fourth-order valence-electron chi connectivity index (χ4n) is 3.32. The Morgan fingerprint density at radius 1 is 1.36 bits per heavy atom. The molecule has 7 heteroatoms. The quantitative estimate of drug-likeness (QED) is 0.659. The molecular formula is C18H16N4O3. The molecule has 4 heterocycles. The third kappa shape index (κ3) is 2.42. The number of rotatable bonds is 2. The van der Waals surface area contributed by atoms with E-state index in [9.17, 15) is 14.9 Å². The zero-order valence-electron chi connectivity index (χ0n) is 13.7. The molecule has 0 saturated carbocycles. The zero-order valence-corrected chi connectivity index (χ0v) is 13.7. The number of pyridine rings is 2. The molecule has 126 valence electrons. The Labute approximate surface area is 142 Å². The van der Waals surface area contributed by atoms with E-state index in [1.807, 2.05) is 19.1 Å². The maximum Gasteiger partial charge on any atom is 0.270 e. The summed E-state index contributed by atoms with van der Waals surface area (Å²) in [6.45, 7) is 2.81. The zero-order chi connectivity index (χ0) is 17.6. The molecule has 1 saturated heterocycles. The van der Waals surface area contributed by atoms with Gasteiger partial charge in [0.25, 0.3) is 11.1 Å². The van der Waals surface area contributed by atoms with Crippen LogP contribution in [0.2, 0.25) is 0 Å². The lowest BCUT2D eigenvalue weighted by atomic mass is 10.2. The lowest BCUT2D eigenvalue weighted by molar-refractivity contribution is 0.0971. The third-order valence-corrected chi connectivity index (χ3v) is 4.61. The predicted octanol–water partition coefficient (Wildman–Crippen LogP) is 1.37. The van der Waals surface area contributed by atoms with E-state index in [1.165, 1.54) is 15.0 Å². The normalized spacial score (nSPS) is 17.2. The molecule has 0 bridgehead atoms. The number of ether oxygens (including phenoxy) is 1. The summed E-state index contributed by atoms with van der Waals surface area (Å²) in [4.78, 5) is 30.1. The molecule has 4 rings (SSSR count). The Kier molecular flexibility index (Phi) is 3.62. The first-order chi connectivity index (χ1) is 12.1. The summed E-state index contributed by atoms with van der Waals surface area (Å²) in [6.07, 6.45) is 3.31. The van der Waals surface area contributed by atoms with Crippen molar-refractivity contribution in [3.63, 3.8) is 0 Å². The average molecular weight is 336 g/mol. The molecule has 0 aromatic carbocycles. The van der Waals surface area contributed by atoms with Crippen LogP contribution >= 0.6 is 0 Å². The van der Waals surface area contributed by atoms with Crippen molar-refractivity contribution in [2.24, 2.45) is 0 Å². The second-order valence-corrected chi connectivity index (χ2v) is 6.26. The van der Waals surface area contributed by atoms with E-state index >= 15 is 0 Å². The van der Waals surface area contributed by atoms with E-state index in [0.29, 0.717) is 24.4 Å². The number of hydrogen-bond donors (Lipinski definition) is 0. The van der Waals surface area contributed by atoms with Crippen molar-refractivity contribution in [3.8, 4) is 6.07 Å². The largest absolute Gasteiger partial charge is 0.376 e. The van der Waals surface area contributed by atoms with Crippen LogP contribution in [0.15, 0.2) is 34.0 Å². The monoisotopic (exact) mass is 336 g/mol. The molecule has 3 aromatic heterocycles. The summed E-state index contributed by atoms with van der Waals surface area (Å²) in [6, 6.07) is 6.86. The van der Waals surface area contributed by atoms with E-state index in [0.717, 1.165) is 18.4 Å². The summed E-state index contributed by atoms with van der Waals surface area (Å²) in [5, 5.41) is 9.55. The second kappa shape index (κ2) is 5.83. The van der Waals surface area contributed by atoms with Crippen LogP contribution in [0.4, 0.5) is 0 Å². The van der Waals surface area contributed by atoms with Crippen LogP contribution in [0.25, 0.3) is 16.7 Å². The Bertz CT molecular complexity index is 1150. The molecule has 1 aliphatic rings. The van der Waals surface area contributed by atoms with Crippen LogP contribution in [-0.4, -0.2) is 26.7 Å². The van der Waals surface area contributed by atoms with E-state index in [-0.39, 0.29) is 22.6 Å². The van der Waals surface area contributed by atoms with Crippen molar-refractivity contribution < 1.29 is 4.74 Å². The second-order valence-electron chi connectivity index (χ2n) is 6.26. The van der Waals surface area contributed by atoms with Gasteiger partial charge in [-0.1, -0.05) is 6.07 Å². The summed E-state index contributed by atoms with van der Waals surface area (Å²) in [5.41, 5.74) is 0.861. The van der Waals surface area contributed by atoms with Crippen molar-refractivity contribution in [2.75, 3.05) is 6.61 Å². The number of nitrogens with zero attached hydrogens (tertiary/aromatic N) is 4. The highest BCUT2D eigenvalue weighted by atomic mass is 16.5. The standard InChI is InChI=1S/C18H16N4O3/c1-11-4-2-6-21-15(11)20-16-14(18(21)24)8-12(9-19)17(23)22(16)10-13-5-3-7-25-13/h2,4,6,8,13H,3,5,7,10H2,1H3/t13-/m0/s1. The molecule has 1 atom stereocenters. The van der Waals surface area contributed by atoms with Gasteiger partial charge in [-0.3, -0.25) is 18.6 Å². The van der Waals surface area contributed by atoms with Crippen molar-refractivity contribution in [3.05, 3.63) is 56.2 Å². The third-order valence-electron chi connectivity index (χ3n) is 4.61. The van der Waals surface area contributed by atoms with Gasteiger partial charge in [-0.05, 0) is 37.5 Å². The number of fused-ring (bicyclic) bond motifs is 2. The van der Waals surface area contributed by atoms with Crippen LogP contribution in [0, 0.1) is 18.3 Å². The highest BCUT2D eigenvalue weighted by Gasteiger charge is 2.21. The van der Waals surface area contributed by atoms with Crippen molar-refractivity contribution in [2.45, 2.75) is 32.4 Å². The van der Waals surface area contributed by atoms with Gasteiger partial charge in [0.15, 0.2) is 5.65 Å². The molecule has 0 radical (unpaired) electrons. The molecule has 0 aliphatic carbocycles. The molecule has 3 aromatic rings. The molecule has 0 N–H and O–H groups in total. The first kappa shape index (κ1) is 15.5. The summed E-state index contributed by atoms with van der Waals surface area (Å²) in [7, 11) is 0. The van der Waals surface area contributed by atoms with Crippen LogP contribution in [-0.2, 0) is 11.3 Å². The highest BCUT2D eigenvalue weighted by Crippen LogP contribution is 2.17. The summed E-state index contributed by atoms with van der Waals surface area (Å²) < 4.78 is 8.48. The van der Waals surface area contributed by atoms with Gasteiger partial charge in [-0.25, -0.2) is 4.98 Å². The van der Waals surface area contributed by atoms with Crippen LogP contribution in [0.3, 0.4) is 0 Å². The molecular weight excluding hydrogens is 320 g/mol. The van der Waals surface area contributed by atoms with E-state index < -0.39 is 5.56 Å². The van der Waals surface area contributed by atoms with Crippen LogP contribution in [0.1, 0.15) is 24.0 Å². The molecule has 25 heavy (non-hydrogen) atoms. The maximum atomic E-state index is 12.9. The molecule has 0 amide bonds. The van der Waals surface area contributed by atoms with Crippen molar-refractivity contribution in [1.29, 1.82) is 5.26 Å². The Morgan fingerprint density at radius 2 is 2.20 bits per heavy atom. The van der Waals surface area contributed by atoms with Gasteiger partial charge in [0, 0.05) is 12.8 Å². The molecule has 1 fully saturated rings. The van der Waals surface area contributed by atoms with Gasteiger partial charge in [0.2, 0.25) is 0 Å².